The van der Waals surface area contributed by atoms with Crippen molar-refractivity contribution < 1.29 is 18.8 Å². The fraction of sp³-hybridized carbons (Fsp3) is 0.273. The molecule has 2 atom stereocenters. The van der Waals surface area contributed by atoms with E-state index in [4.69, 9.17) is 9.15 Å². The molecule has 0 fully saturated rings. The maximum atomic E-state index is 13.2. The summed E-state index contributed by atoms with van der Waals surface area (Å²) in [6, 6.07) is 17.3. The molecule has 2 aromatic carbocycles. The summed E-state index contributed by atoms with van der Waals surface area (Å²) < 4.78 is 11.2. The Hall–Kier alpha value is -3.12. The first-order valence-electron chi connectivity index (χ1n) is 9.48. The summed E-state index contributed by atoms with van der Waals surface area (Å²) in [5.74, 6) is 0.297. The molecule has 2 heterocycles. The van der Waals surface area contributed by atoms with Gasteiger partial charge < -0.3 is 14.1 Å². The number of ether oxygens (including phenoxy) is 1. The topological polar surface area (TPSA) is 64.2 Å². The number of quaternary nitrogens is 1. The number of benzene rings is 2. The van der Waals surface area contributed by atoms with E-state index in [0.717, 1.165) is 10.5 Å². The normalized spacial score (nSPS) is 17.2. The molecule has 1 aromatic heterocycles. The maximum Gasteiger partial charge on any atom is 0.421 e. The van der Waals surface area contributed by atoms with Gasteiger partial charge in [-0.15, -0.1) is 0 Å². The SMILES string of the molecule is CCOC(=O)N1C[NH+](C(C)c2ccccc2)Cc2c1oc1ccccc1c2=O. The van der Waals surface area contributed by atoms with Crippen LogP contribution >= 0.6 is 0 Å². The Morgan fingerprint density at radius 3 is 2.64 bits per heavy atom. The summed E-state index contributed by atoms with van der Waals surface area (Å²) in [5, 5.41) is 0.527. The number of rotatable bonds is 3. The molecular weight excluding hydrogens is 356 g/mol. The highest BCUT2D eigenvalue weighted by atomic mass is 16.6. The number of hydrogen-bond acceptors (Lipinski definition) is 4. The molecule has 1 N–H and O–H groups in total. The number of nitrogens with zero attached hydrogens (tertiary/aromatic N) is 1. The minimum absolute atomic E-state index is 0.0939. The van der Waals surface area contributed by atoms with Gasteiger partial charge in [-0.1, -0.05) is 42.5 Å². The third-order valence-electron chi connectivity index (χ3n) is 5.28. The average molecular weight is 379 g/mol. The number of amides is 1. The predicted octanol–water partition coefficient (Wildman–Crippen LogP) is 2.87. The fourth-order valence-electron chi connectivity index (χ4n) is 3.72. The van der Waals surface area contributed by atoms with Gasteiger partial charge >= 0.3 is 6.09 Å². The molecule has 2 unspecified atom stereocenters. The van der Waals surface area contributed by atoms with Gasteiger partial charge in [-0.25, -0.2) is 4.79 Å². The van der Waals surface area contributed by atoms with Crippen LogP contribution in [0.3, 0.4) is 0 Å². The number of carbonyl (C=O) groups excluding carboxylic acids is 1. The van der Waals surface area contributed by atoms with E-state index in [2.05, 4.69) is 19.1 Å². The van der Waals surface area contributed by atoms with Gasteiger partial charge in [0.2, 0.25) is 11.3 Å². The summed E-state index contributed by atoms with van der Waals surface area (Å²) >= 11 is 0. The lowest BCUT2D eigenvalue weighted by Crippen LogP contribution is -3.13. The summed E-state index contributed by atoms with van der Waals surface area (Å²) in [7, 11) is 0. The van der Waals surface area contributed by atoms with E-state index in [0.29, 0.717) is 35.6 Å². The third kappa shape index (κ3) is 3.16. The van der Waals surface area contributed by atoms with Gasteiger partial charge in [-0.05, 0) is 26.0 Å². The van der Waals surface area contributed by atoms with Crippen molar-refractivity contribution in [3.05, 3.63) is 75.9 Å². The highest BCUT2D eigenvalue weighted by molar-refractivity contribution is 5.89. The van der Waals surface area contributed by atoms with Crippen molar-refractivity contribution in [2.45, 2.75) is 26.4 Å². The standard InChI is InChI=1S/C22H22N2O4/c1-3-27-22(26)24-14-23(15(2)16-9-5-4-6-10-16)13-18-20(25)17-11-7-8-12-19(17)28-21(18)24/h4-12,15H,3,13-14H2,1-2H3/p+1. The largest absolute Gasteiger partial charge is 0.449 e. The number of nitrogens with one attached hydrogen (secondary N) is 1. The van der Waals surface area contributed by atoms with E-state index in [1.165, 1.54) is 4.90 Å². The molecular formula is C22H23N2O4+. The van der Waals surface area contributed by atoms with Gasteiger partial charge in [0.05, 0.1) is 12.0 Å². The molecule has 1 aliphatic heterocycles. The second-order valence-corrected chi connectivity index (χ2v) is 6.96. The molecule has 0 radical (unpaired) electrons. The lowest BCUT2D eigenvalue weighted by Gasteiger charge is -2.35. The van der Waals surface area contributed by atoms with Crippen molar-refractivity contribution in [2.24, 2.45) is 0 Å². The lowest BCUT2D eigenvalue weighted by molar-refractivity contribution is -0.943. The first-order chi connectivity index (χ1) is 13.6. The molecule has 6 nitrogen and oxygen atoms in total. The zero-order chi connectivity index (χ0) is 19.7. The Kier molecular flexibility index (Phi) is 4.88. The van der Waals surface area contributed by atoms with Crippen molar-refractivity contribution in [2.75, 3.05) is 18.2 Å². The van der Waals surface area contributed by atoms with Gasteiger partial charge in [-0.2, -0.15) is 4.90 Å². The van der Waals surface area contributed by atoms with Crippen LogP contribution in [0.2, 0.25) is 0 Å². The van der Waals surface area contributed by atoms with Crippen molar-refractivity contribution >= 4 is 22.9 Å². The van der Waals surface area contributed by atoms with Gasteiger partial charge in [0.25, 0.3) is 0 Å². The monoisotopic (exact) mass is 379 g/mol. The van der Waals surface area contributed by atoms with Crippen LogP contribution < -0.4 is 15.2 Å². The summed E-state index contributed by atoms with van der Waals surface area (Å²) in [6.45, 7) is 4.96. The van der Waals surface area contributed by atoms with Crippen LogP contribution in [-0.2, 0) is 11.3 Å². The molecule has 0 bridgehead atoms. The first kappa shape index (κ1) is 18.3. The zero-order valence-corrected chi connectivity index (χ0v) is 16.0. The van der Waals surface area contributed by atoms with Gasteiger partial charge in [-0.3, -0.25) is 4.79 Å². The molecule has 3 aromatic rings. The quantitative estimate of drug-likeness (QED) is 0.760. The molecule has 0 saturated carbocycles. The summed E-state index contributed by atoms with van der Waals surface area (Å²) in [6.07, 6.45) is -0.500. The van der Waals surface area contributed by atoms with E-state index in [-0.39, 0.29) is 18.1 Å². The zero-order valence-electron chi connectivity index (χ0n) is 16.0. The molecule has 144 valence electrons. The highest BCUT2D eigenvalue weighted by Gasteiger charge is 2.37. The highest BCUT2D eigenvalue weighted by Crippen LogP contribution is 2.26. The van der Waals surface area contributed by atoms with Crippen LogP contribution in [0.25, 0.3) is 11.0 Å². The summed E-state index contributed by atoms with van der Waals surface area (Å²) in [5.41, 5.74) is 2.04. The molecule has 0 spiro atoms. The van der Waals surface area contributed by atoms with Gasteiger partial charge in [0.15, 0.2) is 6.67 Å². The van der Waals surface area contributed by atoms with Gasteiger partial charge in [0.1, 0.15) is 23.7 Å². The third-order valence-corrected chi connectivity index (χ3v) is 5.28. The number of carbonyl (C=O) groups is 1. The minimum atomic E-state index is -0.500. The predicted molar refractivity (Wildman–Crippen MR) is 106 cm³/mol. The molecule has 6 heteroatoms. The van der Waals surface area contributed by atoms with Crippen molar-refractivity contribution in [3.8, 4) is 0 Å². The van der Waals surface area contributed by atoms with E-state index < -0.39 is 6.09 Å². The van der Waals surface area contributed by atoms with E-state index in [9.17, 15) is 9.59 Å². The minimum Gasteiger partial charge on any atom is -0.449 e. The van der Waals surface area contributed by atoms with Crippen LogP contribution in [0, 0.1) is 0 Å². The lowest BCUT2D eigenvalue weighted by atomic mass is 10.0. The maximum absolute atomic E-state index is 13.2. The van der Waals surface area contributed by atoms with Crippen molar-refractivity contribution in [1.29, 1.82) is 0 Å². The number of fused-ring (bicyclic) bond motifs is 2. The Bertz CT molecular complexity index is 1060. The van der Waals surface area contributed by atoms with Crippen LogP contribution in [0.4, 0.5) is 10.7 Å². The van der Waals surface area contributed by atoms with E-state index in [1.807, 2.05) is 30.3 Å². The molecule has 1 aliphatic rings. The second-order valence-electron chi connectivity index (χ2n) is 6.96. The van der Waals surface area contributed by atoms with Crippen LogP contribution in [0.15, 0.2) is 63.8 Å². The van der Waals surface area contributed by atoms with Crippen LogP contribution in [0.1, 0.15) is 31.0 Å². The Balaban J connectivity index is 1.82. The van der Waals surface area contributed by atoms with E-state index >= 15 is 0 Å². The Morgan fingerprint density at radius 2 is 1.89 bits per heavy atom. The van der Waals surface area contributed by atoms with Gasteiger partial charge in [0, 0.05) is 5.56 Å². The molecule has 1 amide bonds. The molecule has 28 heavy (non-hydrogen) atoms. The average Bonchev–Trinajstić information content (AvgIpc) is 2.73. The van der Waals surface area contributed by atoms with Crippen molar-refractivity contribution in [3.63, 3.8) is 0 Å². The Morgan fingerprint density at radius 1 is 1.18 bits per heavy atom. The smallest absolute Gasteiger partial charge is 0.421 e. The molecule has 0 saturated heterocycles. The van der Waals surface area contributed by atoms with E-state index in [1.54, 1.807) is 19.1 Å². The van der Waals surface area contributed by atoms with Crippen LogP contribution in [0.5, 0.6) is 0 Å². The number of para-hydroxylation sites is 1. The molecule has 4 rings (SSSR count). The number of anilines is 1. The second kappa shape index (κ2) is 7.48. The fourth-order valence-corrected chi connectivity index (χ4v) is 3.72. The summed E-state index contributed by atoms with van der Waals surface area (Å²) in [4.78, 5) is 28.3. The molecule has 0 aliphatic carbocycles. The number of hydrogen-bond donors (Lipinski definition) is 1. The van der Waals surface area contributed by atoms with Crippen LogP contribution in [-0.4, -0.2) is 19.4 Å². The first-order valence-corrected chi connectivity index (χ1v) is 9.48. The Labute approximate surface area is 162 Å². The van der Waals surface area contributed by atoms with Crippen molar-refractivity contribution in [1.82, 2.24) is 0 Å².